The van der Waals surface area contributed by atoms with Crippen molar-refractivity contribution in [3.63, 3.8) is 0 Å². The standard InChI is InChI=1S/C12H17N3S/c1-6(2)10-7(3)11-9(5-13)15-16-12(11)14-8(10)4/h6H,5,13H2,1-4H3. The number of fused-ring (bicyclic) bond motifs is 1. The van der Waals surface area contributed by atoms with Crippen molar-refractivity contribution in [1.82, 2.24) is 9.36 Å². The van der Waals surface area contributed by atoms with Crippen molar-refractivity contribution < 1.29 is 0 Å². The normalized spacial score (nSPS) is 11.6. The molecule has 0 aliphatic rings. The maximum atomic E-state index is 5.71. The first-order valence-corrected chi connectivity index (χ1v) is 6.29. The van der Waals surface area contributed by atoms with Gasteiger partial charge in [-0.25, -0.2) is 4.98 Å². The summed E-state index contributed by atoms with van der Waals surface area (Å²) in [5.41, 5.74) is 10.4. The van der Waals surface area contributed by atoms with E-state index in [1.165, 1.54) is 28.0 Å². The zero-order valence-electron chi connectivity index (χ0n) is 10.2. The molecule has 0 bridgehead atoms. The lowest BCUT2D eigenvalue weighted by Gasteiger charge is -2.13. The zero-order valence-corrected chi connectivity index (χ0v) is 11.0. The summed E-state index contributed by atoms with van der Waals surface area (Å²) >= 11 is 1.45. The van der Waals surface area contributed by atoms with E-state index in [4.69, 9.17) is 5.73 Å². The molecule has 0 unspecified atom stereocenters. The summed E-state index contributed by atoms with van der Waals surface area (Å²) in [6, 6.07) is 0. The molecular weight excluding hydrogens is 218 g/mol. The number of rotatable bonds is 2. The Balaban J connectivity index is 2.83. The fourth-order valence-electron chi connectivity index (χ4n) is 2.37. The lowest BCUT2D eigenvalue weighted by molar-refractivity contribution is 0.838. The molecule has 0 atom stereocenters. The van der Waals surface area contributed by atoms with Gasteiger partial charge in [0.15, 0.2) is 0 Å². The van der Waals surface area contributed by atoms with Gasteiger partial charge in [-0.15, -0.1) is 0 Å². The van der Waals surface area contributed by atoms with Crippen molar-refractivity contribution >= 4 is 21.7 Å². The van der Waals surface area contributed by atoms with Gasteiger partial charge in [0.2, 0.25) is 0 Å². The van der Waals surface area contributed by atoms with Crippen molar-refractivity contribution in [2.24, 2.45) is 5.73 Å². The molecule has 0 saturated heterocycles. The van der Waals surface area contributed by atoms with Crippen LogP contribution in [0, 0.1) is 13.8 Å². The molecular formula is C12H17N3S. The molecule has 2 aromatic heterocycles. The number of nitrogens with two attached hydrogens (primary N) is 1. The summed E-state index contributed by atoms with van der Waals surface area (Å²) in [7, 11) is 0. The zero-order chi connectivity index (χ0) is 11.9. The molecule has 0 aliphatic carbocycles. The van der Waals surface area contributed by atoms with Gasteiger partial charge in [0.05, 0.1) is 5.69 Å². The minimum atomic E-state index is 0.488. The number of aryl methyl sites for hydroxylation is 2. The van der Waals surface area contributed by atoms with E-state index in [2.05, 4.69) is 37.1 Å². The van der Waals surface area contributed by atoms with Gasteiger partial charge in [-0.2, -0.15) is 4.37 Å². The Hall–Kier alpha value is -1.00. The molecule has 0 fully saturated rings. The fraction of sp³-hybridized carbons (Fsp3) is 0.500. The van der Waals surface area contributed by atoms with E-state index in [-0.39, 0.29) is 0 Å². The molecule has 86 valence electrons. The first-order chi connectivity index (χ1) is 7.56. The Morgan fingerprint density at radius 3 is 2.56 bits per heavy atom. The molecule has 0 saturated carbocycles. The monoisotopic (exact) mass is 235 g/mol. The number of nitrogens with zero attached hydrogens (tertiary/aromatic N) is 2. The predicted molar refractivity (Wildman–Crippen MR) is 68.9 cm³/mol. The van der Waals surface area contributed by atoms with Gasteiger partial charge in [-0.3, -0.25) is 0 Å². The van der Waals surface area contributed by atoms with E-state index >= 15 is 0 Å². The molecule has 16 heavy (non-hydrogen) atoms. The van der Waals surface area contributed by atoms with Crippen molar-refractivity contribution in [2.75, 3.05) is 0 Å². The van der Waals surface area contributed by atoms with Crippen LogP contribution in [0.1, 0.15) is 42.3 Å². The summed E-state index contributed by atoms with van der Waals surface area (Å²) in [4.78, 5) is 5.64. The van der Waals surface area contributed by atoms with Crippen LogP contribution in [0.5, 0.6) is 0 Å². The topological polar surface area (TPSA) is 51.8 Å². The Morgan fingerprint density at radius 2 is 2.00 bits per heavy atom. The summed E-state index contributed by atoms with van der Waals surface area (Å²) < 4.78 is 4.37. The highest BCUT2D eigenvalue weighted by Crippen LogP contribution is 2.31. The van der Waals surface area contributed by atoms with Gasteiger partial charge in [0, 0.05) is 17.6 Å². The summed E-state index contributed by atoms with van der Waals surface area (Å²) in [6.07, 6.45) is 0. The second kappa shape index (κ2) is 4.11. The Morgan fingerprint density at radius 1 is 1.31 bits per heavy atom. The highest BCUT2D eigenvalue weighted by Gasteiger charge is 2.16. The molecule has 3 nitrogen and oxygen atoms in total. The van der Waals surface area contributed by atoms with E-state index in [1.54, 1.807) is 0 Å². The lowest BCUT2D eigenvalue weighted by atomic mass is 9.94. The molecule has 2 rings (SSSR count). The third kappa shape index (κ3) is 1.62. The van der Waals surface area contributed by atoms with E-state index in [0.29, 0.717) is 12.5 Å². The summed E-state index contributed by atoms with van der Waals surface area (Å²) in [6.45, 7) is 9.11. The van der Waals surface area contributed by atoms with Gasteiger partial charge in [0.1, 0.15) is 4.83 Å². The lowest BCUT2D eigenvalue weighted by Crippen LogP contribution is -2.02. The van der Waals surface area contributed by atoms with Crippen LogP contribution in [0.3, 0.4) is 0 Å². The second-order valence-electron chi connectivity index (χ2n) is 4.40. The van der Waals surface area contributed by atoms with Crippen LogP contribution in [0.15, 0.2) is 0 Å². The largest absolute Gasteiger partial charge is 0.325 e. The van der Waals surface area contributed by atoms with Crippen molar-refractivity contribution in [3.05, 3.63) is 22.5 Å². The Kier molecular flexibility index (Phi) is 2.95. The predicted octanol–water partition coefficient (Wildman–Crippen LogP) is 2.89. The average Bonchev–Trinajstić information content (AvgIpc) is 2.59. The van der Waals surface area contributed by atoms with Crippen molar-refractivity contribution in [1.29, 1.82) is 0 Å². The maximum absolute atomic E-state index is 5.71. The Labute approximate surface area is 99.9 Å². The quantitative estimate of drug-likeness (QED) is 0.870. The number of pyridine rings is 1. The highest BCUT2D eigenvalue weighted by atomic mass is 32.1. The molecule has 0 amide bonds. The van der Waals surface area contributed by atoms with Crippen LogP contribution in [-0.4, -0.2) is 9.36 Å². The molecule has 0 spiro atoms. The van der Waals surface area contributed by atoms with Gasteiger partial charge >= 0.3 is 0 Å². The molecule has 2 aromatic rings. The first kappa shape index (κ1) is 11.5. The highest BCUT2D eigenvalue weighted by molar-refractivity contribution is 7.13. The number of hydrogen-bond donors (Lipinski definition) is 1. The van der Waals surface area contributed by atoms with Crippen LogP contribution >= 0.6 is 11.5 Å². The van der Waals surface area contributed by atoms with E-state index in [0.717, 1.165) is 16.2 Å². The summed E-state index contributed by atoms with van der Waals surface area (Å²) in [5.74, 6) is 0.488. The van der Waals surface area contributed by atoms with Crippen LogP contribution in [0.2, 0.25) is 0 Å². The van der Waals surface area contributed by atoms with Crippen molar-refractivity contribution in [3.8, 4) is 0 Å². The smallest absolute Gasteiger partial charge is 0.144 e. The molecule has 4 heteroatoms. The number of hydrogen-bond acceptors (Lipinski definition) is 4. The summed E-state index contributed by atoms with van der Waals surface area (Å²) in [5, 5.41) is 1.17. The van der Waals surface area contributed by atoms with E-state index in [1.807, 2.05) is 0 Å². The van der Waals surface area contributed by atoms with E-state index in [9.17, 15) is 0 Å². The molecule has 2 heterocycles. The molecule has 0 aliphatic heterocycles. The van der Waals surface area contributed by atoms with Gasteiger partial charge in [-0.1, -0.05) is 13.8 Å². The first-order valence-electron chi connectivity index (χ1n) is 5.51. The van der Waals surface area contributed by atoms with E-state index < -0.39 is 0 Å². The molecule has 0 aromatic carbocycles. The minimum absolute atomic E-state index is 0.488. The molecule has 0 radical (unpaired) electrons. The van der Waals surface area contributed by atoms with Crippen LogP contribution in [-0.2, 0) is 6.54 Å². The third-order valence-electron chi connectivity index (χ3n) is 2.95. The third-order valence-corrected chi connectivity index (χ3v) is 3.73. The number of aromatic nitrogens is 2. The van der Waals surface area contributed by atoms with Crippen LogP contribution in [0.25, 0.3) is 10.2 Å². The SMILES string of the molecule is Cc1nc2snc(CN)c2c(C)c1C(C)C. The van der Waals surface area contributed by atoms with Crippen molar-refractivity contribution in [2.45, 2.75) is 40.2 Å². The minimum Gasteiger partial charge on any atom is -0.325 e. The maximum Gasteiger partial charge on any atom is 0.144 e. The molecule has 2 N–H and O–H groups in total. The average molecular weight is 235 g/mol. The van der Waals surface area contributed by atoms with Gasteiger partial charge in [0.25, 0.3) is 0 Å². The van der Waals surface area contributed by atoms with Crippen LogP contribution in [0.4, 0.5) is 0 Å². The Bertz CT molecular complexity index is 529. The fourth-order valence-corrected chi connectivity index (χ4v) is 3.28. The van der Waals surface area contributed by atoms with Gasteiger partial charge in [-0.05, 0) is 42.4 Å². The second-order valence-corrected chi connectivity index (χ2v) is 5.16. The van der Waals surface area contributed by atoms with Crippen LogP contribution < -0.4 is 5.73 Å². The van der Waals surface area contributed by atoms with Gasteiger partial charge < -0.3 is 5.73 Å².